The molecule has 0 saturated carbocycles. The number of nitriles is 1. The van der Waals surface area contributed by atoms with Crippen LogP contribution in [0.4, 0.5) is 5.69 Å². The quantitative estimate of drug-likeness (QED) is 0.929. The van der Waals surface area contributed by atoms with Gasteiger partial charge >= 0.3 is 0 Å². The van der Waals surface area contributed by atoms with Crippen LogP contribution in [0.3, 0.4) is 0 Å². The number of hydrogen-bond acceptors (Lipinski definition) is 3. The fourth-order valence-corrected chi connectivity index (χ4v) is 2.46. The average Bonchev–Trinajstić information content (AvgIpc) is 2.42. The van der Waals surface area contributed by atoms with E-state index in [0.29, 0.717) is 17.7 Å². The number of carbonyl (C=O) groups is 1. The molecule has 0 aliphatic carbocycles. The summed E-state index contributed by atoms with van der Waals surface area (Å²) in [6.07, 6.45) is 3.47. The van der Waals surface area contributed by atoms with Gasteiger partial charge in [-0.1, -0.05) is 15.9 Å². The molecule has 1 unspecified atom stereocenters. The summed E-state index contributed by atoms with van der Waals surface area (Å²) in [5.41, 5.74) is 0.999. The zero-order chi connectivity index (χ0) is 13.7. The number of nitrogens with zero attached hydrogens (tertiary/aromatic N) is 1. The Balaban J connectivity index is 1.97. The Labute approximate surface area is 120 Å². The zero-order valence-electron chi connectivity index (χ0n) is 10.5. The van der Waals surface area contributed by atoms with Crippen molar-refractivity contribution in [2.45, 2.75) is 31.8 Å². The van der Waals surface area contributed by atoms with E-state index in [9.17, 15) is 4.79 Å². The Morgan fingerprint density at radius 1 is 1.53 bits per heavy atom. The van der Waals surface area contributed by atoms with Crippen LogP contribution in [-0.4, -0.2) is 18.6 Å². The highest BCUT2D eigenvalue weighted by atomic mass is 79.9. The maximum absolute atomic E-state index is 11.9. The maximum Gasteiger partial charge on any atom is 0.227 e. The number of ether oxygens (including phenoxy) is 1. The maximum atomic E-state index is 11.9. The Morgan fingerprint density at radius 3 is 3.05 bits per heavy atom. The summed E-state index contributed by atoms with van der Waals surface area (Å²) < 4.78 is 6.35. The molecule has 100 valence electrons. The number of hydrogen-bond donors (Lipinski definition) is 1. The fourth-order valence-electron chi connectivity index (χ4n) is 2.09. The summed E-state index contributed by atoms with van der Waals surface area (Å²) in [5, 5.41) is 11.8. The van der Waals surface area contributed by atoms with Crippen LogP contribution >= 0.6 is 15.9 Å². The molecule has 1 aliphatic heterocycles. The summed E-state index contributed by atoms with van der Waals surface area (Å²) in [7, 11) is 0. The molecular formula is C14H15BrN2O2. The third-order valence-electron chi connectivity index (χ3n) is 3.06. The molecule has 1 atom stereocenters. The van der Waals surface area contributed by atoms with Gasteiger partial charge in [0.1, 0.15) is 6.07 Å². The van der Waals surface area contributed by atoms with Crippen molar-refractivity contribution < 1.29 is 9.53 Å². The Hall–Kier alpha value is -1.38. The highest BCUT2D eigenvalue weighted by Crippen LogP contribution is 2.21. The zero-order valence-corrected chi connectivity index (χ0v) is 12.1. The number of carbonyl (C=O) groups excluding carboxylic acids is 1. The number of benzene rings is 1. The van der Waals surface area contributed by atoms with Crippen molar-refractivity contribution in [3.05, 3.63) is 28.2 Å². The molecule has 1 N–H and O–H groups in total. The fraction of sp³-hybridized carbons (Fsp3) is 0.429. The third-order valence-corrected chi connectivity index (χ3v) is 3.56. The summed E-state index contributed by atoms with van der Waals surface area (Å²) >= 11 is 3.30. The lowest BCUT2D eigenvalue weighted by atomic mass is 10.1. The Kier molecular flexibility index (Phi) is 4.94. The van der Waals surface area contributed by atoms with Crippen LogP contribution in [0.2, 0.25) is 0 Å². The van der Waals surface area contributed by atoms with Gasteiger partial charge in [-0.2, -0.15) is 5.26 Å². The van der Waals surface area contributed by atoms with E-state index in [0.717, 1.165) is 30.3 Å². The second-order valence-electron chi connectivity index (χ2n) is 4.54. The highest BCUT2D eigenvalue weighted by Gasteiger charge is 2.18. The number of halogens is 1. The lowest BCUT2D eigenvalue weighted by molar-refractivity contribution is -0.119. The topological polar surface area (TPSA) is 62.1 Å². The first-order valence-electron chi connectivity index (χ1n) is 6.30. The Bertz CT molecular complexity index is 505. The van der Waals surface area contributed by atoms with Gasteiger partial charge < -0.3 is 10.1 Å². The summed E-state index contributed by atoms with van der Waals surface area (Å²) in [4.78, 5) is 11.9. The summed E-state index contributed by atoms with van der Waals surface area (Å²) in [6.45, 7) is 0.736. The van der Waals surface area contributed by atoms with E-state index < -0.39 is 0 Å². The van der Waals surface area contributed by atoms with E-state index in [1.165, 1.54) is 0 Å². The normalized spacial score (nSPS) is 18.6. The van der Waals surface area contributed by atoms with Gasteiger partial charge in [-0.15, -0.1) is 0 Å². The molecule has 0 spiro atoms. The molecule has 1 saturated heterocycles. The van der Waals surface area contributed by atoms with Crippen molar-refractivity contribution in [1.29, 1.82) is 5.26 Å². The minimum atomic E-state index is -0.106. The van der Waals surface area contributed by atoms with E-state index in [-0.39, 0.29) is 12.0 Å². The average molecular weight is 323 g/mol. The number of amides is 1. The predicted octanol–water partition coefficient (Wildman–Crippen LogP) is 3.22. The van der Waals surface area contributed by atoms with Crippen LogP contribution < -0.4 is 5.32 Å². The van der Waals surface area contributed by atoms with Crippen molar-refractivity contribution >= 4 is 27.5 Å². The van der Waals surface area contributed by atoms with E-state index in [2.05, 4.69) is 27.3 Å². The summed E-state index contributed by atoms with van der Waals surface area (Å²) in [6, 6.07) is 7.28. The van der Waals surface area contributed by atoms with Gasteiger partial charge in [0.05, 0.1) is 23.8 Å². The van der Waals surface area contributed by atoms with Gasteiger partial charge in [-0.05, 0) is 37.5 Å². The van der Waals surface area contributed by atoms with Gasteiger partial charge in [0.2, 0.25) is 5.91 Å². The summed E-state index contributed by atoms with van der Waals surface area (Å²) in [5.74, 6) is -0.106. The minimum Gasteiger partial charge on any atom is -0.378 e. The first-order valence-corrected chi connectivity index (χ1v) is 7.09. The van der Waals surface area contributed by atoms with Crippen LogP contribution in [-0.2, 0) is 9.53 Å². The molecule has 1 aliphatic rings. The molecule has 0 aromatic heterocycles. The van der Waals surface area contributed by atoms with E-state index in [4.69, 9.17) is 10.00 Å². The SMILES string of the molecule is N#Cc1cc(Br)ccc1NC(=O)CC1CCCCO1. The van der Waals surface area contributed by atoms with Gasteiger partial charge in [0, 0.05) is 11.1 Å². The smallest absolute Gasteiger partial charge is 0.227 e. The molecule has 0 bridgehead atoms. The van der Waals surface area contributed by atoms with Crippen LogP contribution in [0, 0.1) is 11.3 Å². The van der Waals surface area contributed by atoms with Gasteiger partial charge in [0.15, 0.2) is 0 Å². The molecule has 5 heteroatoms. The minimum absolute atomic E-state index is 0.00901. The molecule has 1 heterocycles. The van der Waals surface area contributed by atoms with Crippen LogP contribution in [0.5, 0.6) is 0 Å². The lowest BCUT2D eigenvalue weighted by Crippen LogP contribution is -2.25. The van der Waals surface area contributed by atoms with Crippen molar-refractivity contribution in [3.63, 3.8) is 0 Å². The molecule has 1 fully saturated rings. The number of anilines is 1. The highest BCUT2D eigenvalue weighted by molar-refractivity contribution is 9.10. The first kappa shape index (κ1) is 14.0. The van der Waals surface area contributed by atoms with Crippen molar-refractivity contribution in [2.24, 2.45) is 0 Å². The number of nitrogens with one attached hydrogen (secondary N) is 1. The molecule has 2 rings (SSSR count). The largest absolute Gasteiger partial charge is 0.378 e. The number of rotatable bonds is 3. The first-order chi connectivity index (χ1) is 9.19. The van der Waals surface area contributed by atoms with Gasteiger partial charge in [0.25, 0.3) is 0 Å². The van der Waals surface area contributed by atoms with E-state index in [1.807, 2.05) is 0 Å². The van der Waals surface area contributed by atoms with Crippen molar-refractivity contribution in [3.8, 4) is 6.07 Å². The van der Waals surface area contributed by atoms with Crippen molar-refractivity contribution in [1.82, 2.24) is 0 Å². The molecular weight excluding hydrogens is 308 g/mol. The standard InChI is InChI=1S/C14H15BrN2O2/c15-11-4-5-13(10(7-11)9-16)17-14(18)8-12-3-1-2-6-19-12/h4-5,7,12H,1-3,6,8H2,(H,17,18). The molecule has 0 radical (unpaired) electrons. The molecule has 4 nitrogen and oxygen atoms in total. The Morgan fingerprint density at radius 2 is 2.37 bits per heavy atom. The molecule has 19 heavy (non-hydrogen) atoms. The van der Waals surface area contributed by atoms with E-state index in [1.54, 1.807) is 18.2 Å². The predicted molar refractivity (Wildman–Crippen MR) is 75.7 cm³/mol. The molecule has 1 aromatic carbocycles. The van der Waals surface area contributed by atoms with Crippen molar-refractivity contribution in [2.75, 3.05) is 11.9 Å². The lowest BCUT2D eigenvalue weighted by Gasteiger charge is -2.22. The van der Waals surface area contributed by atoms with Crippen LogP contribution in [0.1, 0.15) is 31.2 Å². The van der Waals surface area contributed by atoms with Gasteiger partial charge in [-0.3, -0.25) is 4.79 Å². The third kappa shape index (κ3) is 4.05. The van der Waals surface area contributed by atoms with E-state index >= 15 is 0 Å². The van der Waals surface area contributed by atoms with Crippen LogP contribution in [0.25, 0.3) is 0 Å². The molecule has 1 aromatic rings. The van der Waals surface area contributed by atoms with Crippen LogP contribution in [0.15, 0.2) is 22.7 Å². The monoisotopic (exact) mass is 322 g/mol. The second kappa shape index (κ2) is 6.69. The van der Waals surface area contributed by atoms with Gasteiger partial charge in [-0.25, -0.2) is 0 Å². The molecule has 1 amide bonds. The second-order valence-corrected chi connectivity index (χ2v) is 5.46.